The van der Waals surface area contributed by atoms with E-state index in [2.05, 4.69) is 25.3 Å². The van der Waals surface area contributed by atoms with E-state index in [1.165, 1.54) is 11.6 Å². The van der Waals surface area contributed by atoms with Gasteiger partial charge in [0.2, 0.25) is 11.7 Å². The summed E-state index contributed by atoms with van der Waals surface area (Å²) in [6.45, 7) is 4.99. The highest BCUT2D eigenvalue weighted by molar-refractivity contribution is 5.99. The predicted octanol–water partition coefficient (Wildman–Crippen LogP) is 4.28. The van der Waals surface area contributed by atoms with Crippen LogP contribution in [0.2, 0.25) is 0 Å². The van der Waals surface area contributed by atoms with Gasteiger partial charge in [0.15, 0.2) is 0 Å². The zero-order valence-electron chi connectivity index (χ0n) is 19.3. The van der Waals surface area contributed by atoms with Gasteiger partial charge >= 0.3 is 0 Å². The minimum absolute atomic E-state index is 0.143. The summed E-state index contributed by atoms with van der Waals surface area (Å²) in [7, 11) is 0. The lowest BCUT2D eigenvalue weighted by Gasteiger charge is -2.34. The Bertz CT molecular complexity index is 1320. The molecule has 5 rings (SSSR count). The third kappa shape index (κ3) is 5.20. The van der Waals surface area contributed by atoms with E-state index >= 15 is 0 Å². The van der Waals surface area contributed by atoms with E-state index in [1.54, 1.807) is 41.4 Å². The zero-order valence-corrected chi connectivity index (χ0v) is 19.3. The summed E-state index contributed by atoms with van der Waals surface area (Å²) in [6, 6.07) is 17.7. The maximum absolute atomic E-state index is 14.1. The molecular formula is C26H25FN6O2. The fourth-order valence-electron chi connectivity index (χ4n) is 3.98. The smallest absolute Gasteiger partial charge is 0.257 e. The summed E-state index contributed by atoms with van der Waals surface area (Å²) >= 11 is 0. The molecule has 3 heterocycles. The van der Waals surface area contributed by atoms with Crippen molar-refractivity contribution in [1.29, 1.82) is 0 Å². The van der Waals surface area contributed by atoms with Crippen molar-refractivity contribution in [3.8, 4) is 11.4 Å². The molecule has 1 amide bonds. The van der Waals surface area contributed by atoms with Crippen molar-refractivity contribution in [2.45, 2.75) is 13.5 Å². The number of nitrogens with zero attached hydrogens (tertiary/aromatic N) is 5. The minimum Gasteiger partial charge on any atom is -0.338 e. The molecule has 1 aliphatic heterocycles. The first kappa shape index (κ1) is 22.7. The van der Waals surface area contributed by atoms with Crippen molar-refractivity contribution < 1.29 is 13.7 Å². The second-order valence-electron chi connectivity index (χ2n) is 8.45. The molecule has 0 unspecified atom stereocenters. The minimum atomic E-state index is -0.406. The maximum Gasteiger partial charge on any atom is 0.257 e. The lowest BCUT2D eigenvalue weighted by molar-refractivity contribution is 0.0615. The van der Waals surface area contributed by atoms with Crippen molar-refractivity contribution in [3.63, 3.8) is 0 Å². The highest BCUT2D eigenvalue weighted by Gasteiger charge is 2.25. The summed E-state index contributed by atoms with van der Waals surface area (Å²) in [4.78, 5) is 26.0. The largest absolute Gasteiger partial charge is 0.338 e. The Morgan fingerprint density at radius 1 is 1.03 bits per heavy atom. The third-order valence-electron chi connectivity index (χ3n) is 5.96. The van der Waals surface area contributed by atoms with Gasteiger partial charge in [-0.25, -0.2) is 9.37 Å². The number of para-hydroxylation sites is 1. The molecule has 1 aliphatic rings. The predicted molar refractivity (Wildman–Crippen MR) is 130 cm³/mol. The number of hydrogen-bond acceptors (Lipinski definition) is 7. The third-order valence-corrected chi connectivity index (χ3v) is 5.96. The number of carbonyl (C=O) groups is 1. The van der Waals surface area contributed by atoms with E-state index in [0.717, 1.165) is 5.56 Å². The molecule has 35 heavy (non-hydrogen) atoms. The molecule has 0 radical (unpaired) electrons. The van der Waals surface area contributed by atoms with Crippen molar-refractivity contribution in [2.24, 2.45) is 0 Å². The summed E-state index contributed by atoms with van der Waals surface area (Å²) in [6.07, 6.45) is 1.58. The van der Waals surface area contributed by atoms with Gasteiger partial charge in [0.05, 0.1) is 17.8 Å². The average Bonchev–Trinajstić information content (AvgIpc) is 3.35. The number of halogens is 1. The van der Waals surface area contributed by atoms with Crippen molar-refractivity contribution in [2.75, 3.05) is 31.5 Å². The van der Waals surface area contributed by atoms with E-state index in [4.69, 9.17) is 4.52 Å². The van der Waals surface area contributed by atoms with Gasteiger partial charge in [-0.3, -0.25) is 9.69 Å². The van der Waals surface area contributed by atoms with Gasteiger partial charge in [-0.1, -0.05) is 47.1 Å². The van der Waals surface area contributed by atoms with Gasteiger partial charge < -0.3 is 14.7 Å². The molecule has 0 saturated carbocycles. The van der Waals surface area contributed by atoms with Gasteiger partial charge in [-0.2, -0.15) is 4.98 Å². The molecule has 1 saturated heterocycles. The number of piperazine rings is 1. The second-order valence-corrected chi connectivity index (χ2v) is 8.45. The summed E-state index contributed by atoms with van der Waals surface area (Å²) in [5.74, 6) is 0.900. The van der Waals surface area contributed by atoms with Crippen molar-refractivity contribution in [3.05, 3.63) is 89.7 Å². The average molecular weight is 473 g/mol. The van der Waals surface area contributed by atoms with E-state index in [-0.39, 0.29) is 11.6 Å². The van der Waals surface area contributed by atoms with Crippen LogP contribution < -0.4 is 5.32 Å². The number of aromatic nitrogens is 3. The number of rotatable bonds is 6. The van der Waals surface area contributed by atoms with Crippen molar-refractivity contribution in [1.82, 2.24) is 24.9 Å². The number of amides is 1. The summed E-state index contributed by atoms with van der Waals surface area (Å²) in [5, 5.41) is 7.05. The standard InChI is InChI=1S/C26H25FN6O2/c1-18-8-10-19(11-9-18)24-30-23(35-31-24)17-32-13-15-33(16-14-32)26(34)20-5-4-12-28-25(20)29-22-7-3-2-6-21(22)27/h2-12H,13-17H2,1H3,(H,28,29). The topological polar surface area (TPSA) is 87.4 Å². The Hall–Kier alpha value is -4.11. The van der Waals surface area contributed by atoms with E-state index in [9.17, 15) is 9.18 Å². The number of hydrogen-bond donors (Lipinski definition) is 1. The molecule has 0 bridgehead atoms. The molecule has 0 spiro atoms. The Kier molecular flexibility index (Phi) is 6.49. The molecule has 0 aliphatic carbocycles. The lowest BCUT2D eigenvalue weighted by Crippen LogP contribution is -2.48. The van der Waals surface area contributed by atoms with Crippen LogP contribution in [0.25, 0.3) is 11.4 Å². The van der Waals surface area contributed by atoms with E-state index in [1.807, 2.05) is 31.2 Å². The molecule has 2 aromatic carbocycles. The normalized spacial score (nSPS) is 14.2. The number of nitrogens with one attached hydrogen (secondary N) is 1. The fourth-order valence-corrected chi connectivity index (χ4v) is 3.98. The molecule has 1 N–H and O–H groups in total. The highest BCUT2D eigenvalue weighted by atomic mass is 19.1. The van der Waals surface area contributed by atoms with Crippen LogP contribution in [0.1, 0.15) is 21.8 Å². The molecule has 9 heteroatoms. The van der Waals surface area contributed by atoms with Crippen LogP contribution in [-0.4, -0.2) is 57.0 Å². The Labute approximate surface area is 202 Å². The molecule has 4 aromatic rings. The van der Waals surface area contributed by atoms with Gasteiger partial charge in [0, 0.05) is 37.9 Å². The zero-order chi connectivity index (χ0) is 24.2. The molecular weight excluding hydrogens is 447 g/mol. The number of anilines is 2. The fraction of sp³-hybridized carbons (Fsp3) is 0.231. The first-order chi connectivity index (χ1) is 17.1. The second kappa shape index (κ2) is 10.0. The van der Waals surface area contributed by atoms with Crippen LogP contribution in [0.5, 0.6) is 0 Å². The Morgan fingerprint density at radius 2 is 1.80 bits per heavy atom. The summed E-state index contributed by atoms with van der Waals surface area (Å²) in [5.41, 5.74) is 2.77. The monoisotopic (exact) mass is 472 g/mol. The molecule has 8 nitrogen and oxygen atoms in total. The number of aryl methyl sites for hydroxylation is 1. The Morgan fingerprint density at radius 3 is 2.57 bits per heavy atom. The van der Waals surface area contributed by atoms with Crippen LogP contribution in [0.15, 0.2) is 71.4 Å². The lowest BCUT2D eigenvalue weighted by atomic mass is 10.1. The molecule has 178 valence electrons. The number of carbonyl (C=O) groups excluding carboxylic acids is 1. The number of benzene rings is 2. The molecule has 0 atom stereocenters. The summed E-state index contributed by atoms with van der Waals surface area (Å²) < 4.78 is 19.5. The first-order valence-corrected chi connectivity index (χ1v) is 11.4. The van der Waals surface area contributed by atoms with E-state index in [0.29, 0.717) is 55.8 Å². The SMILES string of the molecule is Cc1ccc(-c2noc(CN3CCN(C(=O)c4cccnc4Nc4ccccc4F)CC3)n2)cc1. The maximum atomic E-state index is 14.1. The quantitative estimate of drug-likeness (QED) is 0.448. The van der Waals surface area contributed by atoms with Gasteiger partial charge in [0.25, 0.3) is 5.91 Å². The van der Waals surface area contributed by atoms with Crippen LogP contribution in [0.4, 0.5) is 15.9 Å². The number of pyridine rings is 1. The highest BCUT2D eigenvalue weighted by Crippen LogP contribution is 2.23. The van der Waals surface area contributed by atoms with Gasteiger partial charge in [-0.15, -0.1) is 0 Å². The molecule has 2 aromatic heterocycles. The van der Waals surface area contributed by atoms with Crippen LogP contribution in [0.3, 0.4) is 0 Å². The molecule has 1 fully saturated rings. The van der Waals surface area contributed by atoms with E-state index < -0.39 is 5.82 Å². The first-order valence-electron chi connectivity index (χ1n) is 11.4. The van der Waals surface area contributed by atoms with Gasteiger partial charge in [-0.05, 0) is 31.2 Å². The van der Waals surface area contributed by atoms with Crippen LogP contribution in [0, 0.1) is 12.7 Å². The van der Waals surface area contributed by atoms with Crippen LogP contribution in [-0.2, 0) is 6.54 Å². The Balaban J connectivity index is 1.20. The van der Waals surface area contributed by atoms with Crippen molar-refractivity contribution >= 4 is 17.4 Å². The van der Waals surface area contributed by atoms with Crippen LogP contribution >= 0.6 is 0 Å². The van der Waals surface area contributed by atoms with Gasteiger partial charge in [0.1, 0.15) is 11.6 Å².